The van der Waals surface area contributed by atoms with Crippen LogP contribution in [0.15, 0.2) is 24.3 Å². The SMILES string of the molecule is CC(=O)N1CCN(C(=O)C(C)Oc2cccc(Cl)c2)CC1. The zero-order chi connectivity index (χ0) is 15.4. The number of rotatable bonds is 3. The lowest BCUT2D eigenvalue weighted by molar-refractivity contribution is -0.143. The predicted octanol–water partition coefficient (Wildman–Crippen LogP) is 1.80. The molecule has 0 spiro atoms. The van der Waals surface area contributed by atoms with Gasteiger partial charge in [-0.25, -0.2) is 0 Å². The topological polar surface area (TPSA) is 49.9 Å². The number of amides is 2. The number of ether oxygens (including phenoxy) is 1. The highest BCUT2D eigenvalue weighted by Gasteiger charge is 2.26. The molecule has 1 aliphatic rings. The molecule has 2 amide bonds. The highest BCUT2D eigenvalue weighted by atomic mass is 35.5. The third-order valence-electron chi connectivity index (χ3n) is 3.49. The molecule has 0 bridgehead atoms. The number of carbonyl (C=O) groups excluding carboxylic acids is 2. The largest absolute Gasteiger partial charge is 0.481 e. The first-order valence-electron chi connectivity index (χ1n) is 6.94. The van der Waals surface area contributed by atoms with E-state index in [1.807, 2.05) is 0 Å². The van der Waals surface area contributed by atoms with Crippen LogP contribution in [-0.2, 0) is 9.59 Å². The van der Waals surface area contributed by atoms with Crippen LogP contribution in [0, 0.1) is 0 Å². The molecule has 114 valence electrons. The molecule has 1 aromatic carbocycles. The third-order valence-corrected chi connectivity index (χ3v) is 3.73. The van der Waals surface area contributed by atoms with Crippen molar-refractivity contribution in [2.45, 2.75) is 20.0 Å². The van der Waals surface area contributed by atoms with Gasteiger partial charge in [0, 0.05) is 38.1 Å². The van der Waals surface area contributed by atoms with Crippen molar-refractivity contribution in [3.8, 4) is 5.75 Å². The Labute approximate surface area is 129 Å². The quantitative estimate of drug-likeness (QED) is 0.855. The van der Waals surface area contributed by atoms with E-state index < -0.39 is 6.10 Å². The molecule has 21 heavy (non-hydrogen) atoms. The Morgan fingerprint density at radius 2 is 1.81 bits per heavy atom. The van der Waals surface area contributed by atoms with Gasteiger partial charge in [0.15, 0.2) is 6.10 Å². The van der Waals surface area contributed by atoms with E-state index in [0.717, 1.165) is 0 Å². The molecular formula is C15H19ClN2O3. The van der Waals surface area contributed by atoms with Crippen LogP contribution in [0.25, 0.3) is 0 Å². The molecule has 0 N–H and O–H groups in total. The Balaban J connectivity index is 1.90. The molecule has 0 radical (unpaired) electrons. The Bertz CT molecular complexity index is 527. The van der Waals surface area contributed by atoms with Crippen molar-refractivity contribution in [3.05, 3.63) is 29.3 Å². The Morgan fingerprint density at radius 1 is 1.19 bits per heavy atom. The number of piperazine rings is 1. The van der Waals surface area contributed by atoms with E-state index in [1.165, 1.54) is 0 Å². The Hall–Kier alpha value is -1.75. The summed E-state index contributed by atoms with van der Waals surface area (Å²) in [6.07, 6.45) is -0.577. The van der Waals surface area contributed by atoms with Gasteiger partial charge in [-0.3, -0.25) is 9.59 Å². The maximum Gasteiger partial charge on any atom is 0.263 e. The van der Waals surface area contributed by atoms with Crippen molar-refractivity contribution in [1.82, 2.24) is 9.80 Å². The van der Waals surface area contributed by atoms with Crippen molar-refractivity contribution in [2.24, 2.45) is 0 Å². The van der Waals surface area contributed by atoms with Crippen LogP contribution in [0.5, 0.6) is 5.75 Å². The first-order chi connectivity index (χ1) is 9.97. The molecule has 0 aliphatic carbocycles. The van der Waals surface area contributed by atoms with Crippen molar-refractivity contribution >= 4 is 23.4 Å². The summed E-state index contributed by atoms with van der Waals surface area (Å²) >= 11 is 5.89. The summed E-state index contributed by atoms with van der Waals surface area (Å²) in [6.45, 7) is 5.50. The minimum absolute atomic E-state index is 0.0466. The number of hydrogen-bond donors (Lipinski definition) is 0. The molecule has 1 atom stereocenters. The van der Waals surface area contributed by atoms with Crippen molar-refractivity contribution in [2.75, 3.05) is 26.2 Å². The van der Waals surface area contributed by atoms with Gasteiger partial charge in [0.05, 0.1) is 0 Å². The predicted molar refractivity (Wildman–Crippen MR) is 80.4 cm³/mol. The van der Waals surface area contributed by atoms with E-state index in [0.29, 0.717) is 37.0 Å². The third kappa shape index (κ3) is 4.11. The fourth-order valence-corrected chi connectivity index (χ4v) is 2.47. The Morgan fingerprint density at radius 3 is 2.38 bits per heavy atom. The molecule has 0 saturated carbocycles. The van der Waals surface area contributed by atoms with Gasteiger partial charge in [0.1, 0.15) is 5.75 Å². The first kappa shape index (κ1) is 15.6. The molecule has 6 heteroatoms. The number of nitrogens with zero attached hydrogens (tertiary/aromatic N) is 2. The summed E-state index contributed by atoms with van der Waals surface area (Å²) < 4.78 is 5.63. The number of halogens is 1. The fraction of sp³-hybridized carbons (Fsp3) is 0.467. The molecule has 5 nitrogen and oxygen atoms in total. The molecule has 1 unspecified atom stereocenters. The number of hydrogen-bond acceptors (Lipinski definition) is 3. The summed E-state index contributed by atoms with van der Waals surface area (Å²) in [4.78, 5) is 27.1. The summed E-state index contributed by atoms with van der Waals surface area (Å²) in [5.74, 6) is 0.550. The summed E-state index contributed by atoms with van der Waals surface area (Å²) in [5.41, 5.74) is 0. The molecule has 1 heterocycles. The van der Waals surface area contributed by atoms with Crippen LogP contribution in [0.1, 0.15) is 13.8 Å². The fourth-order valence-electron chi connectivity index (χ4n) is 2.29. The minimum atomic E-state index is -0.577. The second-order valence-corrected chi connectivity index (χ2v) is 5.49. The first-order valence-corrected chi connectivity index (χ1v) is 7.31. The highest BCUT2D eigenvalue weighted by molar-refractivity contribution is 6.30. The van der Waals surface area contributed by atoms with E-state index in [-0.39, 0.29) is 11.8 Å². The van der Waals surface area contributed by atoms with Crippen LogP contribution >= 0.6 is 11.6 Å². The zero-order valence-corrected chi connectivity index (χ0v) is 13.0. The minimum Gasteiger partial charge on any atom is -0.481 e. The second kappa shape index (κ2) is 6.80. The number of carbonyl (C=O) groups is 2. The van der Waals surface area contributed by atoms with Gasteiger partial charge in [-0.05, 0) is 25.1 Å². The molecule has 1 fully saturated rings. The maximum atomic E-state index is 12.3. The maximum absolute atomic E-state index is 12.3. The zero-order valence-electron chi connectivity index (χ0n) is 12.2. The van der Waals surface area contributed by atoms with Gasteiger partial charge in [0.2, 0.25) is 5.91 Å². The molecule has 2 rings (SSSR count). The normalized spacial score (nSPS) is 16.5. The second-order valence-electron chi connectivity index (χ2n) is 5.05. The van der Waals surface area contributed by atoms with Gasteiger partial charge < -0.3 is 14.5 Å². The summed E-state index contributed by atoms with van der Waals surface area (Å²) in [7, 11) is 0. The smallest absolute Gasteiger partial charge is 0.263 e. The molecular weight excluding hydrogens is 292 g/mol. The van der Waals surface area contributed by atoms with E-state index in [4.69, 9.17) is 16.3 Å². The van der Waals surface area contributed by atoms with Gasteiger partial charge in [0.25, 0.3) is 5.91 Å². The van der Waals surface area contributed by atoms with Crippen LogP contribution < -0.4 is 4.74 Å². The molecule has 1 aromatic rings. The van der Waals surface area contributed by atoms with Gasteiger partial charge in [-0.1, -0.05) is 17.7 Å². The number of benzene rings is 1. The van der Waals surface area contributed by atoms with E-state index in [2.05, 4.69) is 0 Å². The van der Waals surface area contributed by atoms with Gasteiger partial charge >= 0.3 is 0 Å². The highest BCUT2D eigenvalue weighted by Crippen LogP contribution is 2.19. The van der Waals surface area contributed by atoms with Crippen molar-refractivity contribution in [3.63, 3.8) is 0 Å². The standard InChI is InChI=1S/C15H19ClN2O3/c1-11(21-14-5-3-4-13(16)10-14)15(20)18-8-6-17(7-9-18)12(2)19/h3-5,10-11H,6-9H2,1-2H3. The van der Waals surface area contributed by atoms with Crippen molar-refractivity contribution < 1.29 is 14.3 Å². The van der Waals surface area contributed by atoms with E-state index in [9.17, 15) is 9.59 Å². The van der Waals surface area contributed by atoms with Crippen LogP contribution in [-0.4, -0.2) is 53.9 Å². The lowest BCUT2D eigenvalue weighted by Gasteiger charge is -2.35. The van der Waals surface area contributed by atoms with E-state index >= 15 is 0 Å². The van der Waals surface area contributed by atoms with E-state index in [1.54, 1.807) is 47.9 Å². The van der Waals surface area contributed by atoms with Crippen LogP contribution in [0.4, 0.5) is 0 Å². The van der Waals surface area contributed by atoms with Gasteiger partial charge in [-0.15, -0.1) is 0 Å². The lowest BCUT2D eigenvalue weighted by Crippen LogP contribution is -2.52. The average Bonchev–Trinajstić information content (AvgIpc) is 2.46. The Kier molecular flexibility index (Phi) is 5.07. The summed E-state index contributed by atoms with van der Waals surface area (Å²) in [5, 5.41) is 0.572. The molecule has 1 saturated heterocycles. The van der Waals surface area contributed by atoms with Crippen molar-refractivity contribution in [1.29, 1.82) is 0 Å². The lowest BCUT2D eigenvalue weighted by atomic mass is 10.2. The monoisotopic (exact) mass is 310 g/mol. The summed E-state index contributed by atoms with van der Waals surface area (Å²) in [6, 6.07) is 6.98. The molecule has 0 aromatic heterocycles. The van der Waals surface area contributed by atoms with Crippen LogP contribution in [0.3, 0.4) is 0 Å². The average molecular weight is 311 g/mol. The molecule has 1 aliphatic heterocycles. The van der Waals surface area contributed by atoms with Gasteiger partial charge in [-0.2, -0.15) is 0 Å². The van der Waals surface area contributed by atoms with Crippen LogP contribution in [0.2, 0.25) is 5.02 Å².